The number of allylic oxidation sites excluding steroid dienone is 3. The van der Waals surface area contributed by atoms with Gasteiger partial charge in [-0.1, -0.05) is 76.2 Å². The highest BCUT2D eigenvalue weighted by atomic mass is 16.3. The number of hydrogen-bond acceptors (Lipinski definition) is 3. The van der Waals surface area contributed by atoms with Gasteiger partial charge in [0.25, 0.3) is 0 Å². The number of unbranched alkanes of at least 4 members (excludes halogenated alkanes) is 9. The third-order valence-electron chi connectivity index (χ3n) is 4.22. The van der Waals surface area contributed by atoms with E-state index in [-0.39, 0.29) is 12.5 Å². The molecular formula is C21H39NO3. The van der Waals surface area contributed by atoms with Crippen LogP contribution in [-0.4, -0.2) is 34.9 Å². The van der Waals surface area contributed by atoms with Crippen LogP contribution in [-0.2, 0) is 4.79 Å². The van der Waals surface area contributed by atoms with Gasteiger partial charge in [-0.3, -0.25) is 4.79 Å². The monoisotopic (exact) mass is 353 g/mol. The highest BCUT2D eigenvalue weighted by molar-refractivity contribution is 5.73. The number of carbonyl (C=O) groups excluding carboxylic acids is 1. The first kappa shape index (κ1) is 23.9. The molecule has 0 aliphatic heterocycles. The minimum Gasteiger partial charge on any atom is -0.394 e. The fraction of sp³-hybridized carbons (Fsp3) is 0.762. The van der Waals surface area contributed by atoms with Gasteiger partial charge in [0.05, 0.1) is 18.8 Å². The van der Waals surface area contributed by atoms with Crippen LogP contribution in [0.5, 0.6) is 0 Å². The first-order valence-electron chi connectivity index (χ1n) is 9.99. The van der Waals surface area contributed by atoms with Gasteiger partial charge in [-0.25, -0.2) is 0 Å². The zero-order valence-electron chi connectivity index (χ0n) is 16.3. The van der Waals surface area contributed by atoms with Crippen LogP contribution in [0.2, 0.25) is 0 Å². The van der Waals surface area contributed by atoms with E-state index in [1.807, 2.05) is 6.08 Å². The Morgan fingerprint density at radius 2 is 1.48 bits per heavy atom. The Kier molecular flexibility index (Phi) is 16.9. The second-order valence-electron chi connectivity index (χ2n) is 6.72. The predicted octanol–water partition coefficient (Wildman–Crippen LogP) is 4.27. The summed E-state index contributed by atoms with van der Waals surface area (Å²) in [6.45, 7) is 3.35. The minimum absolute atomic E-state index is 0.254. The molecule has 0 aromatic rings. The van der Waals surface area contributed by atoms with E-state index in [9.17, 15) is 9.90 Å². The summed E-state index contributed by atoms with van der Waals surface area (Å²) in [7, 11) is 0. The van der Waals surface area contributed by atoms with Crippen molar-refractivity contribution in [2.45, 2.75) is 96.6 Å². The molecule has 4 heteroatoms. The summed E-state index contributed by atoms with van der Waals surface area (Å²) in [5.74, 6) is -0.254. The molecule has 2 atom stereocenters. The van der Waals surface area contributed by atoms with Crippen LogP contribution in [0.4, 0.5) is 0 Å². The number of hydrogen-bond donors (Lipinski definition) is 3. The largest absolute Gasteiger partial charge is 0.394 e. The number of rotatable bonds is 16. The Morgan fingerprint density at radius 3 is 2.08 bits per heavy atom. The fourth-order valence-corrected chi connectivity index (χ4v) is 2.69. The average molecular weight is 354 g/mol. The van der Waals surface area contributed by atoms with Crippen molar-refractivity contribution < 1.29 is 15.0 Å². The molecule has 0 spiro atoms. The number of carbonyl (C=O) groups is 1. The molecule has 25 heavy (non-hydrogen) atoms. The maximum absolute atomic E-state index is 11.0. The van der Waals surface area contributed by atoms with Crippen molar-refractivity contribution in [2.24, 2.45) is 0 Å². The Bertz CT molecular complexity index is 366. The molecule has 0 saturated heterocycles. The Balaban J connectivity index is 3.57. The number of aliphatic hydroxyl groups excluding tert-OH is 2. The Hall–Kier alpha value is -1.13. The van der Waals surface area contributed by atoms with Gasteiger partial charge >= 0.3 is 0 Å². The van der Waals surface area contributed by atoms with Crippen LogP contribution in [0.25, 0.3) is 0 Å². The topological polar surface area (TPSA) is 69.6 Å². The summed E-state index contributed by atoms with van der Waals surface area (Å²) in [5.41, 5.74) is 0. The molecule has 1 amide bonds. The van der Waals surface area contributed by atoms with Crippen molar-refractivity contribution in [3.05, 3.63) is 24.3 Å². The van der Waals surface area contributed by atoms with Crippen LogP contribution >= 0.6 is 0 Å². The van der Waals surface area contributed by atoms with Crippen molar-refractivity contribution in [3.8, 4) is 0 Å². The minimum atomic E-state index is -0.852. The van der Waals surface area contributed by atoms with Gasteiger partial charge in [0.1, 0.15) is 0 Å². The second kappa shape index (κ2) is 17.7. The summed E-state index contributed by atoms with van der Waals surface area (Å²) in [4.78, 5) is 11.0. The van der Waals surface area contributed by atoms with E-state index in [0.29, 0.717) is 0 Å². The number of aliphatic hydroxyl groups is 2. The highest BCUT2D eigenvalue weighted by Crippen LogP contribution is 2.10. The maximum Gasteiger partial charge on any atom is 0.217 e. The Labute approximate surface area is 154 Å². The van der Waals surface area contributed by atoms with E-state index in [1.54, 1.807) is 6.08 Å². The van der Waals surface area contributed by atoms with Gasteiger partial charge in [-0.2, -0.15) is 0 Å². The van der Waals surface area contributed by atoms with Gasteiger partial charge in [-0.15, -0.1) is 0 Å². The third-order valence-corrected chi connectivity index (χ3v) is 4.22. The SMILES string of the molecule is CCCCCCCCCC/C=C/CC/C=C/C(O)C(CO)NC(C)=O. The van der Waals surface area contributed by atoms with Crippen LogP contribution < -0.4 is 5.32 Å². The predicted molar refractivity (Wildman–Crippen MR) is 105 cm³/mol. The van der Waals surface area contributed by atoms with Crippen LogP contribution in [0.3, 0.4) is 0 Å². The van der Waals surface area contributed by atoms with Crippen molar-refractivity contribution >= 4 is 5.91 Å². The van der Waals surface area contributed by atoms with Gasteiger partial charge in [-0.05, 0) is 25.7 Å². The molecule has 0 rings (SSSR count). The van der Waals surface area contributed by atoms with E-state index < -0.39 is 12.1 Å². The molecule has 3 N–H and O–H groups in total. The van der Waals surface area contributed by atoms with Gasteiger partial charge in [0.2, 0.25) is 5.91 Å². The van der Waals surface area contributed by atoms with Crippen LogP contribution in [0, 0.1) is 0 Å². The molecular weight excluding hydrogens is 314 g/mol. The summed E-state index contributed by atoms with van der Waals surface area (Å²) in [6.07, 6.45) is 20.9. The smallest absolute Gasteiger partial charge is 0.217 e. The molecule has 0 bridgehead atoms. The summed E-state index contributed by atoms with van der Waals surface area (Å²) < 4.78 is 0. The van der Waals surface area contributed by atoms with Crippen molar-refractivity contribution in [1.29, 1.82) is 0 Å². The van der Waals surface area contributed by atoms with E-state index >= 15 is 0 Å². The van der Waals surface area contributed by atoms with Crippen molar-refractivity contribution in [2.75, 3.05) is 6.61 Å². The molecule has 0 aliphatic carbocycles. The third kappa shape index (κ3) is 16.1. The normalized spacial score (nSPS) is 14.2. The summed E-state index contributed by atoms with van der Waals surface area (Å²) in [5, 5.41) is 21.5. The van der Waals surface area contributed by atoms with Crippen LogP contribution in [0.15, 0.2) is 24.3 Å². The molecule has 0 radical (unpaired) electrons. The van der Waals surface area contributed by atoms with E-state index in [0.717, 1.165) is 19.3 Å². The lowest BCUT2D eigenvalue weighted by atomic mass is 10.1. The van der Waals surface area contributed by atoms with E-state index in [2.05, 4.69) is 24.4 Å². The lowest BCUT2D eigenvalue weighted by Crippen LogP contribution is -2.44. The zero-order valence-corrected chi connectivity index (χ0v) is 16.3. The fourth-order valence-electron chi connectivity index (χ4n) is 2.69. The van der Waals surface area contributed by atoms with Crippen molar-refractivity contribution in [1.82, 2.24) is 5.32 Å². The molecule has 0 aromatic heterocycles. The molecule has 2 unspecified atom stereocenters. The quantitative estimate of drug-likeness (QED) is 0.287. The first-order chi connectivity index (χ1) is 12.1. The van der Waals surface area contributed by atoms with Crippen LogP contribution in [0.1, 0.15) is 84.5 Å². The molecule has 0 aromatic carbocycles. The number of amides is 1. The zero-order chi connectivity index (χ0) is 18.8. The second-order valence-corrected chi connectivity index (χ2v) is 6.72. The lowest BCUT2D eigenvalue weighted by molar-refractivity contribution is -0.120. The molecule has 0 heterocycles. The molecule has 0 aliphatic rings. The van der Waals surface area contributed by atoms with Crippen molar-refractivity contribution in [3.63, 3.8) is 0 Å². The van der Waals surface area contributed by atoms with Gasteiger partial charge < -0.3 is 15.5 Å². The highest BCUT2D eigenvalue weighted by Gasteiger charge is 2.15. The van der Waals surface area contributed by atoms with E-state index in [4.69, 9.17) is 5.11 Å². The standard InChI is InChI=1S/C21H39NO3/c1-3-4-5-6-7-8-9-10-11-12-13-14-15-16-17-21(25)20(18-23)22-19(2)24/h12-13,16-17,20-21,23,25H,3-11,14-15,18H2,1-2H3,(H,22,24)/b13-12+,17-16+. The molecule has 4 nitrogen and oxygen atoms in total. The summed E-state index contributed by atoms with van der Waals surface area (Å²) >= 11 is 0. The number of nitrogens with one attached hydrogen (secondary N) is 1. The van der Waals surface area contributed by atoms with E-state index in [1.165, 1.54) is 58.3 Å². The maximum atomic E-state index is 11.0. The Morgan fingerprint density at radius 1 is 0.920 bits per heavy atom. The molecule has 0 saturated carbocycles. The average Bonchev–Trinajstić information content (AvgIpc) is 2.59. The summed E-state index contributed by atoms with van der Waals surface area (Å²) in [6, 6.07) is -0.633. The van der Waals surface area contributed by atoms with Gasteiger partial charge in [0, 0.05) is 6.92 Å². The van der Waals surface area contributed by atoms with Gasteiger partial charge in [0.15, 0.2) is 0 Å². The molecule has 0 fully saturated rings. The molecule has 146 valence electrons. The lowest BCUT2D eigenvalue weighted by Gasteiger charge is -2.18. The first-order valence-corrected chi connectivity index (χ1v) is 9.99.